The molecule has 1 aromatic carbocycles. The molecule has 2 aromatic rings. The van der Waals surface area contributed by atoms with Gasteiger partial charge in [0.15, 0.2) is 11.5 Å². The van der Waals surface area contributed by atoms with Gasteiger partial charge in [-0.05, 0) is 25.0 Å². The van der Waals surface area contributed by atoms with Gasteiger partial charge in [-0.1, -0.05) is 18.9 Å². The van der Waals surface area contributed by atoms with E-state index in [0.29, 0.717) is 36.2 Å². The first-order valence-corrected chi connectivity index (χ1v) is 9.44. The molecule has 0 saturated heterocycles. The zero-order valence-electron chi connectivity index (χ0n) is 16.2. The van der Waals surface area contributed by atoms with E-state index in [2.05, 4.69) is 15.6 Å². The van der Waals surface area contributed by atoms with Crippen LogP contribution in [0.15, 0.2) is 35.4 Å². The molecule has 8 heteroatoms. The van der Waals surface area contributed by atoms with Crippen LogP contribution in [-0.4, -0.2) is 36.3 Å². The van der Waals surface area contributed by atoms with Crippen molar-refractivity contribution >= 4 is 11.7 Å². The number of ether oxygens (including phenoxy) is 2. The van der Waals surface area contributed by atoms with E-state index in [0.717, 1.165) is 18.5 Å². The van der Waals surface area contributed by atoms with Crippen LogP contribution < -0.4 is 25.7 Å². The molecule has 0 unspecified atom stereocenters. The fourth-order valence-corrected chi connectivity index (χ4v) is 3.49. The lowest BCUT2D eigenvalue weighted by Crippen LogP contribution is -2.34. The minimum absolute atomic E-state index is 0.0893. The fourth-order valence-electron chi connectivity index (χ4n) is 3.49. The van der Waals surface area contributed by atoms with Crippen LogP contribution >= 0.6 is 0 Å². The molecule has 1 heterocycles. The molecule has 8 nitrogen and oxygen atoms in total. The zero-order valence-corrected chi connectivity index (χ0v) is 16.2. The molecule has 1 aliphatic carbocycles. The van der Waals surface area contributed by atoms with E-state index in [1.807, 2.05) is 0 Å². The van der Waals surface area contributed by atoms with Crippen LogP contribution in [0.4, 0.5) is 10.5 Å². The summed E-state index contributed by atoms with van der Waals surface area (Å²) in [5.74, 6) is 1.38. The highest BCUT2D eigenvalue weighted by Crippen LogP contribution is 2.34. The quantitative estimate of drug-likeness (QED) is 0.763. The molecule has 150 valence electrons. The zero-order chi connectivity index (χ0) is 19.9. The molecule has 0 radical (unpaired) electrons. The van der Waals surface area contributed by atoms with E-state index >= 15 is 0 Å². The van der Waals surface area contributed by atoms with Crippen molar-refractivity contribution in [2.45, 2.75) is 38.1 Å². The largest absolute Gasteiger partial charge is 0.493 e. The standard InChI is InChI=1S/C20H26N4O4/c1-27-17-9-5-8-15(19(17)28-2)23-20(26)21-10-11-24-13-22-16(12-18(24)25)14-6-3-4-7-14/h5,8-9,12-14H,3-4,6-7,10-11H2,1-2H3,(H2,21,23,26). The predicted molar refractivity (Wildman–Crippen MR) is 106 cm³/mol. The lowest BCUT2D eigenvalue weighted by Gasteiger charge is -2.14. The first-order valence-electron chi connectivity index (χ1n) is 9.44. The monoisotopic (exact) mass is 386 g/mol. The van der Waals surface area contributed by atoms with Crippen molar-refractivity contribution in [2.75, 3.05) is 26.1 Å². The molecular weight excluding hydrogens is 360 g/mol. The maximum absolute atomic E-state index is 12.3. The van der Waals surface area contributed by atoms with E-state index in [1.165, 1.54) is 31.6 Å². The van der Waals surface area contributed by atoms with Crippen LogP contribution in [-0.2, 0) is 6.54 Å². The van der Waals surface area contributed by atoms with Gasteiger partial charge in [0, 0.05) is 25.1 Å². The Labute approximate surface area is 163 Å². The van der Waals surface area contributed by atoms with Crippen LogP contribution in [0.25, 0.3) is 0 Å². The third-order valence-electron chi connectivity index (χ3n) is 4.96. The van der Waals surface area contributed by atoms with E-state index in [4.69, 9.17) is 9.47 Å². The van der Waals surface area contributed by atoms with Gasteiger partial charge in [-0.15, -0.1) is 0 Å². The van der Waals surface area contributed by atoms with E-state index in [1.54, 1.807) is 30.6 Å². The number of benzene rings is 1. The number of para-hydroxylation sites is 1. The molecule has 1 saturated carbocycles. The van der Waals surface area contributed by atoms with Crippen LogP contribution in [0.5, 0.6) is 11.5 Å². The highest BCUT2D eigenvalue weighted by molar-refractivity contribution is 5.91. The van der Waals surface area contributed by atoms with Gasteiger partial charge >= 0.3 is 6.03 Å². The normalized spacial score (nSPS) is 13.9. The third-order valence-corrected chi connectivity index (χ3v) is 4.96. The first kappa shape index (κ1) is 19.7. The SMILES string of the molecule is COc1cccc(NC(=O)NCCn2cnc(C3CCCC3)cc2=O)c1OC. The van der Waals surface area contributed by atoms with Gasteiger partial charge in [0.2, 0.25) is 0 Å². The van der Waals surface area contributed by atoms with E-state index in [-0.39, 0.29) is 5.56 Å². The number of carbonyl (C=O) groups is 1. The lowest BCUT2D eigenvalue weighted by atomic mass is 10.0. The summed E-state index contributed by atoms with van der Waals surface area (Å²) in [5, 5.41) is 5.46. The van der Waals surface area contributed by atoms with Crippen LogP contribution in [0, 0.1) is 0 Å². The Balaban J connectivity index is 1.54. The summed E-state index contributed by atoms with van der Waals surface area (Å²) >= 11 is 0. The molecule has 1 aromatic heterocycles. The Morgan fingerprint density at radius 3 is 2.71 bits per heavy atom. The molecular formula is C20H26N4O4. The van der Waals surface area contributed by atoms with Gasteiger partial charge in [-0.25, -0.2) is 9.78 Å². The van der Waals surface area contributed by atoms with Gasteiger partial charge in [0.05, 0.1) is 31.9 Å². The highest BCUT2D eigenvalue weighted by atomic mass is 16.5. The molecule has 3 rings (SSSR count). The predicted octanol–water partition coefficient (Wildman–Crippen LogP) is 2.74. The average molecular weight is 386 g/mol. The molecule has 2 amide bonds. The highest BCUT2D eigenvalue weighted by Gasteiger charge is 2.19. The summed E-state index contributed by atoms with van der Waals surface area (Å²) in [7, 11) is 3.04. The summed E-state index contributed by atoms with van der Waals surface area (Å²) < 4.78 is 12.0. The molecule has 0 aliphatic heterocycles. The van der Waals surface area contributed by atoms with Crippen molar-refractivity contribution in [2.24, 2.45) is 0 Å². The Morgan fingerprint density at radius 1 is 1.25 bits per heavy atom. The number of carbonyl (C=O) groups excluding carboxylic acids is 1. The maximum atomic E-state index is 12.3. The summed E-state index contributed by atoms with van der Waals surface area (Å²) in [5.41, 5.74) is 1.29. The average Bonchev–Trinajstić information content (AvgIpc) is 3.23. The van der Waals surface area contributed by atoms with Gasteiger partial charge in [-0.3, -0.25) is 9.36 Å². The molecule has 0 atom stereocenters. The number of hydrogen-bond acceptors (Lipinski definition) is 5. The van der Waals surface area contributed by atoms with E-state index in [9.17, 15) is 9.59 Å². The van der Waals surface area contributed by atoms with Crippen molar-refractivity contribution in [3.05, 3.63) is 46.6 Å². The molecule has 1 fully saturated rings. The van der Waals surface area contributed by atoms with Crippen molar-refractivity contribution < 1.29 is 14.3 Å². The maximum Gasteiger partial charge on any atom is 0.319 e. The fraction of sp³-hybridized carbons (Fsp3) is 0.450. The number of anilines is 1. The number of amides is 2. The number of rotatable bonds is 7. The number of hydrogen-bond donors (Lipinski definition) is 2. The van der Waals surface area contributed by atoms with Crippen molar-refractivity contribution in [3.63, 3.8) is 0 Å². The number of nitrogens with one attached hydrogen (secondary N) is 2. The topological polar surface area (TPSA) is 94.5 Å². The second kappa shape index (κ2) is 9.25. The molecule has 2 N–H and O–H groups in total. The van der Waals surface area contributed by atoms with Crippen molar-refractivity contribution in [1.82, 2.24) is 14.9 Å². The summed E-state index contributed by atoms with van der Waals surface area (Å²) in [6, 6.07) is 6.45. The Bertz CT molecular complexity index is 875. The summed E-state index contributed by atoms with van der Waals surface area (Å²) in [4.78, 5) is 28.9. The summed E-state index contributed by atoms with van der Waals surface area (Å²) in [6.07, 6.45) is 6.18. The summed E-state index contributed by atoms with van der Waals surface area (Å²) in [6.45, 7) is 0.641. The number of urea groups is 1. The molecule has 1 aliphatic rings. The molecule has 28 heavy (non-hydrogen) atoms. The third kappa shape index (κ3) is 4.62. The van der Waals surface area contributed by atoms with Crippen LogP contribution in [0.2, 0.25) is 0 Å². The Hall–Kier alpha value is -3.03. The van der Waals surface area contributed by atoms with Gasteiger partial charge in [-0.2, -0.15) is 0 Å². The second-order valence-electron chi connectivity index (χ2n) is 6.75. The minimum atomic E-state index is -0.393. The van der Waals surface area contributed by atoms with Crippen molar-refractivity contribution in [1.29, 1.82) is 0 Å². The minimum Gasteiger partial charge on any atom is -0.493 e. The van der Waals surface area contributed by atoms with Gasteiger partial charge < -0.3 is 20.1 Å². The number of aromatic nitrogens is 2. The molecule has 0 bridgehead atoms. The number of nitrogens with zero attached hydrogens (tertiary/aromatic N) is 2. The van der Waals surface area contributed by atoms with Gasteiger partial charge in [0.25, 0.3) is 5.56 Å². The molecule has 0 spiro atoms. The van der Waals surface area contributed by atoms with E-state index < -0.39 is 6.03 Å². The van der Waals surface area contributed by atoms with Crippen LogP contribution in [0.1, 0.15) is 37.3 Å². The lowest BCUT2D eigenvalue weighted by molar-refractivity contribution is 0.251. The Kier molecular flexibility index (Phi) is 6.52. The second-order valence-corrected chi connectivity index (χ2v) is 6.75. The van der Waals surface area contributed by atoms with Crippen molar-refractivity contribution in [3.8, 4) is 11.5 Å². The smallest absolute Gasteiger partial charge is 0.319 e. The Morgan fingerprint density at radius 2 is 2.04 bits per heavy atom. The first-order chi connectivity index (χ1) is 13.6. The van der Waals surface area contributed by atoms with Crippen LogP contribution in [0.3, 0.4) is 0 Å². The number of methoxy groups -OCH3 is 2. The van der Waals surface area contributed by atoms with Gasteiger partial charge in [0.1, 0.15) is 0 Å².